The van der Waals surface area contributed by atoms with Crippen LogP contribution in [0, 0.1) is 6.92 Å². The molecule has 17 heavy (non-hydrogen) atoms. The van der Waals surface area contributed by atoms with Crippen molar-refractivity contribution in [3.8, 4) is 5.75 Å². The average Bonchev–Trinajstić information content (AvgIpc) is 2.15. The van der Waals surface area contributed by atoms with Crippen molar-refractivity contribution in [3.63, 3.8) is 0 Å². The Hall–Kier alpha value is -2.04. The third-order valence-corrected chi connectivity index (χ3v) is 2.35. The van der Waals surface area contributed by atoms with Gasteiger partial charge in [0.05, 0.1) is 0 Å². The van der Waals surface area contributed by atoms with E-state index in [4.69, 9.17) is 4.42 Å². The molecule has 1 aromatic rings. The molecular weight excluding hydrogens is 222 g/mol. The maximum Gasteiger partial charge on any atom is 0.351 e. The summed E-state index contributed by atoms with van der Waals surface area (Å²) < 4.78 is 4.77. The quantitative estimate of drug-likeness (QED) is 0.633. The van der Waals surface area contributed by atoms with Crippen molar-refractivity contribution < 1.29 is 14.3 Å². The molecule has 0 saturated heterocycles. The van der Waals surface area contributed by atoms with Crippen LogP contribution in [0.2, 0.25) is 0 Å². The Kier molecular flexibility index (Phi) is 3.73. The van der Waals surface area contributed by atoms with Crippen molar-refractivity contribution in [2.24, 2.45) is 0 Å². The molecule has 5 nitrogen and oxygen atoms in total. The second kappa shape index (κ2) is 4.86. The molecule has 0 fully saturated rings. The van der Waals surface area contributed by atoms with Crippen LogP contribution in [0.25, 0.3) is 0 Å². The molecule has 1 N–H and O–H groups in total. The van der Waals surface area contributed by atoms with Gasteiger partial charge in [-0.25, -0.2) is 4.79 Å². The number of carbonyl (C=O) groups excluding carboxylic acids is 1. The topological polar surface area (TPSA) is 70.7 Å². The van der Waals surface area contributed by atoms with E-state index >= 15 is 0 Å². The molecule has 0 unspecified atom stereocenters. The van der Waals surface area contributed by atoms with Crippen molar-refractivity contribution >= 4 is 5.78 Å². The fourth-order valence-corrected chi connectivity index (χ4v) is 1.21. The number of hydrogen-bond acceptors (Lipinski definition) is 5. The first kappa shape index (κ1) is 13.0. The van der Waals surface area contributed by atoms with Gasteiger partial charge in [-0.15, -0.1) is 0 Å². The third-order valence-electron chi connectivity index (χ3n) is 2.35. The van der Waals surface area contributed by atoms with E-state index in [2.05, 4.69) is 0 Å². The van der Waals surface area contributed by atoms with Crippen LogP contribution in [-0.4, -0.2) is 29.9 Å². The molecule has 0 saturated carbocycles. The summed E-state index contributed by atoms with van der Waals surface area (Å²) in [6.45, 7) is 3.25. The van der Waals surface area contributed by atoms with Gasteiger partial charge in [-0.3, -0.25) is 4.79 Å². The second-order valence-electron chi connectivity index (χ2n) is 3.95. The Morgan fingerprint density at radius 2 is 2.06 bits per heavy atom. The van der Waals surface area contributed by atoms with E-state index in [0.717, 1.165) is 0 Å². The molecule has 0 radical (unpaired) electrons. The minimum Gasteiger partial charge on any atom is -0.507 e. The van der Waals surface area contributed by atoms with Crippen LogP contribution in [0.15, 0.2) is 27.1 Å². The van der Waals surface area contributed by atoms with Gasteiger partial charge in [0, 0.05) is 31.9 Å². The van der Waals surface area contributed by atoms with Gasteiger partial charge in [-0.2, -0.15) is 0 Å². The van der Waals surface area contributed by atoms with E-state index in [1.807, 2.05) is 0 Å². The van der Waals surface area contributed by atoms with Crippen LogP contribution in [0.5, 0.6) is 5.75 Å². The maximum atomic E-state index is 11.8. The van der Waals surface area contributed by atoms with Crippen molar-refractivity contribution in [3.05, 3.63) is 39.6 Å². The lowest BCUT2D eigenvalue weighted by molar-refractivity contribution is 0.103. The first-order valence-corrected chi connectivity index (χ1v) is 5.06. The lowest BCUT2D eigenvalue weighted by atomic mass is 10.1. The molecule has 92 valence electrons. The van der Waals surface area contributed by atoms with Crippen LogP contribution >= 0.6 is 0 Å². The van der Waals surface area contributed by atoms with E-state index in [-0.39, 0.29) is 17.1 Å². The zero-order valence-corrected chi connectivity index (χ0v) is 10.3. The SMILES string of the molecule is CC(=CC(=O)c1c(O)cc(C)oc1=O)N(C)C. The minimum atomic E-state index is -0.824. The van der Waals surface area contributed by atoms with E-state index in [1.165, 1.54) is 19.1 Å². The molecule has 0 aliphatic heterocycles. The van der Waals surface area contributed by atoms with Gasteiger partial charge in [0.25, 0.3) is 0 Å². The predicted molar refractivity (Wildman–Crippen MR) is 63.2 cm³/mol. The van der Waals surface area contributed by atoms with E-state index in [1.54, 1.807) is 25.9 Å². The summed E-state index contributed by atoms with van der Waals surface area (Å²) in [5.74, 6) is -0.661. The molecule has 0 aliphatic rings. The number of nitrogens with zero attached hydrogens (tertiary/aromatic N) is 1. The maximum absolute atomic E-state index is 11.8. The molecule has 1 rings (SSSR count). The monoisotopic (exact) mass is 237 g/mol. The summed E-state index contributed by atoms with van der Waals surface area (Å²) in [4.78, 5) is 25.0. The highest BCUT2D eigenvalue weighted by Gasteiger charge is 2.16. The van der Waals surface area contributed by atoms with Crippen molar-refractivity contribution in [1.29, 1.82) is 0 Å². The fourth-order valence-electron chi connectivity index (χ4n) is 1.21. The Morgan fingerprint density at radius 1 is 1.47 bits per heavy atom. The summed E-state index contributed by atoms with van der Waals surface area (Å²) in [7, 11) is 3.55. The zero-order chi connectivity index (χ0) is 13.2. The molecule has 0 aliphatic carbocycles. The molecule has 0 amide bonds. The predicted octanol–water partition coefficient (Wildman–Crippen LogP) is 1.30. The molecule has 5 heteroatoms. The van der Waals surface area contributed by atoms with Crippen LogP contribution in [0.4, 0.5) is 0 Å². The van der Waals surface area contributed by atoms with Crippen LogP contribution in [0.3, 0.4) is 0 Å². The number of hydrogen-bond donors (Lipinski definition) is 1. The Morgan fingerprint density at radius 3 is 2.53 bits per heavy atom. The fraction of sp³-hybridized carbons (Fsp3) is 0.333. The van der Waals surface area contributed by atoms with Crippen molar-refractivity contribution in [2.45, 2.75) is 13.8 Å². The number of aryl methyl sites for hydroxylation is 1. The second-order valence-corrected chi connectivity index (χ2v) is 3.95. The molecular formula is C12H15NO4. The van der Waals surface area contributed by atoms with Gasteiger partial charge in [0.2, 0.25) is 0 Å². The lowest BCUT2D eigenvalue weighted by Crippen LogP contribution is -2.16. The van der Waals surface area contributed by atoms with Gasteiger partial charge >= 0.3 is 5.63 Å². The third kappa shape index (κ3) is 2.96. The molecule has 0 bridgehead atoms. The highest BCUT2D eigenvalue weighted by Crippen LogP contribution is 2.16. The molecule has 1 aromatic heterocycles. The Balaban J connectivity index is 3.23. The van der Waals surface area contributed by atoms with E-state index in [0.29, 0.717) is 5.70 Å². The highest BCUT2D eigenvalue weighted by molar-refractivity contribution is 6.06. The van der Waals surface area contributed by atoms with Gasteiger partial charge in [-0.05, 0) is 13.8 Å². The van der Waals surface area contributed by atoms with Crippen molar-refractivity contribution in [2.75, 3.05) is 14.1 Å². The highest BCUT2D eigenvalue weighted by atomic mass is 16.4. The van der Waals surface area contributed by atoms with E-state index < -0.39 is 11.4 Å². The summed E-state index contributed by atoms with van der Waals surface area (Å²) in [6, 6.07) is 1.24. The summed E-state index contributed by atoms with van der Waals surface area (Å²) in [5.41, 5.74) is -0.485. The number of ketones is 1. The van der Waals surface area contributed by atoms with Crippen LogP contribution in [0.1, 0.15) is 23.0 Å². The molecule has 0 aromatic carbocycles. The molecule has 0 spiro atoms. The number of aromatic hydroxyl groups is 1. The van der Waals surface area contributed by atoms with Crippen LogP contribution in [-0.2, 0) is 0 Å². The van der Waals surface area contributed by atoms with Gasteiger partial charge < -0.3 is 14.4 Å². The first-order valence-electron chi connectivity index (χ1n) is 5.06. The lowest BCUT2D eigenvalue weighted by Gasteiger charge is -2.11. The molecule has 1 heterocycles. The van der Waals surface area contributed by atoms with Crippen LogP contribution < -0.4 is 5.63 Å². The smallest absolute Gasteiger partial charge is 0.351 e. The number of rotatable bonds is 3. The molecule has 0 atom stereocenters. The van der Waals surface area contributed by atoms with Gasteiger partial charge in [0.1, 0.15) is 17.1 Å². The summed E-state index contributed by atoms with van der Waals surface area (Å²) in [5, 5.41) is 9.57. The Bertz CT molecular complexity index is 526. The van der Waals surface area contributed by atoms with Crippen molar-refractivity contribution in [1.82, 2.24) is 4.90 Å². The summed E-state index contributed by atoms with van der Waals surface area (Å²) >= 11 is 0. The number of carbonyl (C=O) groups is 1. The minimum absolute atomic E-state index is 0.261. The van der Waals surface area contributed by atoms with E-state index in [9.17, 15) is 14.7 Å². The number of allylic oxidation sites excluding steroid dienone is 2. The van der Waals surface area contributed by atoms with Gasteiger partial charge in [-0.1, -0.05) is 0 Å². The zero-order valence-electron chi connectivity index (χ0n) is 10.3. The first-order chi connectivity index (χ1) is 7.82. The van der Waals surface area contributed by atoms with Gasteiger partial charge in [0.15, 0.2) is 5.78 Å². The largest absolute Gasteiger partial charge is 0.507 e. The Labute approximate surface area is 99.0 Å². The normalized spacial score (nSPS) is 11.4. The standard InChI is InChI=1S/C12H15NO4/c1-7(13(3)4)5-9(14)11-10(15)6-8(2)17-12(11)16/h5-6,15H,1-4H3. The summed E-state index contributed by atoms with van der Waals surface area (Å²) in [6.07, 6.45) is 1.28. The average molecular weight is 237 g/mol.